The summed E-state index contributed by atoms with van der Waals surface area (Å²) in [7, 11) is 1.62. The second-order valence-corrected chi connectivity index (χ2v) is 6.06. The highest BCUT2D eigenvalue weighted by molar-refractivity contribution is 8.26. The summed E-state index contributed by atoms with van der Waals surface area (Å²) < 4.78 is 0.502. The van der Waals surface area contributed by atoms with Crippen molar-refractivity contribution in [1.29, 1.82) is 0 Å². The minimum absolute atomic E-state index is 0.140. The van der Waals surface area contributed by atoms with Crippen LogP contribution in [0.1, 0.15) is 5.56 Å². The zero-order chi connectivity index (χ0) is 13.4. The van der Waals surface area contributed by atoms with Gasteiger partial charge in [0.2, 0.25) is 0 Å². The van der Waals surface area contributed by atoms with Crippen LogP contribution in [0.25, 0.3) is 6.08 Å². The molecular formula is C11H7Cl2NO2S2. The number of phenolic OH excluding ortho intramolecular Hbond substituents is 1. The summed E-state index contributed by atoms with van der Waals surface area (Å²) in [6, 6.07) is 3.07. The van der Waals surface area contributed by atoms with Gasteiger partial charge in [0.05, 0.1) is 15.0 Å². The fourth-order valence-electron chi connectivity index (χ4n) is 1.37. The number of carbonyl (C=O) groups excluding carboxylic acids is 1. The third kappa shape index (κ3) is 2.49. The fraction of sp³-hybridized carbons (Fsp3) is 0.0909. The topological polar surface area (TPSA) is 40.5 Å². The first kappa shape index (κ1) is 13.7. The van der Waals surface area contributed by atoms with E-state index in [0.29, 0.717) is 14.8 Å². The average Bonchev–Trinajstić information content (AvgIpc) is 2.54. The van der Waals surface area contributed by atoms with Crippen molar-refractivity contribution >= 4 is 63.5 Å². The van der Waals surface area contributed by atoms with Gasteiger partial charge in [0.1, 0.15) is 4.32 Å². The van der Waals surface area contributed by atoms with E-state index in [1.54, 1.807) is 13.1 Å². The van der Waals surface area contributed by atoms with Crippen molar-refractivity contribution in [3.63, 3.8) is 0 Å². The number of thiocarbonyl (C=S) groups is 1. The summed E-state index contributed by atoms with van der Waals surface area (Å²) in [6.45, 7) is 0. The van der Waals surface area contributed by atoms with Crippen molar-refractivity contribution in [3.05, 3.63) is 32.6 Å². The molecule has 2 rings (SSSR count). The average molecular weight is 320 g/mol. The fourth-order valence-corrected chi connectivity index (χ4v) is 3.05. The summed E-state index contributed by atoms with van der Waals surface area (Å²) in [5, 5.41) is 9.72. The number of likely N-dealkylation sites (N-methyl/N-ethyl adjacent to an activating group) is 1. The van der Waals surface area contributed by atoms with E-state index in [9.17, 15) is 9.90 Å². The number of aromatic hydroxyl groups is 1. The molecule has 0 spiro atoms. The van der Waals surface area contributed by atoms with Crippen LogP contribution in [-0.4, -0.2) is 27.3 Å². The number of carbonyl (C=O) groups is 1. The number of rotatable bonds is 1. The predicted molar refractivity (Wildman–Crippen MR) is 79.1 cm³/mol. The third-order valence-electron chi connectivity index (χ3n) is 2.32. The number of amides is 1. The van der Waals surface area contributed by atoms with Gasteiger partial charge in [0, 0.05) is 7.05 Å². The Labute approximate surface area is 123 Å². The van der Waals surface area contributed by atoms with Crippen LogP contribution in [0, 0.1) is 0 Å². The highest BCUT2D eigenvalue weighted by Gasteiger charge is 2.28. The summed E-state index contributed by atoms with van der Waals surface area (Å²) >= 11 is 17.8. The van der Waals surface area contributed by atoms with Crippen LogP contribution in [0.4, 0.5) is 0 Å². The molecule has 0 aliphatic carbocycles. The van der Waals surface area contributed by atoms with Gasteiger partial charge < -0.3 is 5.11 Å². The maximum absolute atomic E-state index is 11.8. The van der Waals surface area contributed by atoms with E-state index >= 15 is 0 Å². The normalized spacial score (nSPS) is 17.9. The van der Waals surface area contributed by atoms with Crippen molar-refractivity contribution in [3.8, 4) is 5.75 Å². The third-order valence-corrected chi connectivity index (χ3v) is 4.38. The largest absolute Gasteiger partial charge is 0.505 e. The maximum Gasteiger partial charge on any atom is 0.265 e. The van der Waals surface area contributed by atoms with E-state index in [1.165, 1.54) is 28.8 Å². The number of benzene rings is 1. The van der Waals surface area contributed by atoms with E-state index in [-0.39, 0.29) is 21.7 Å². The van der Waals surface area contributed by atoms with Gasteiger partial charge in [-0.05, 0) is 23.8 Å². The Morgan fingerprint density at radius 2 is 1.94 bits per heavy atom. The molecule has 1 saturated heterocycles. The van der Waals surface area contributed by atoms with Crippen molar-refractivity contribution in [1.82, 2.24) is 4.90 Å². The zero-order valence-corrected chi connectivity index (χ0v) is 12.3. The first-order chi connectivity index (χ1) is 8.40. The molecule has 1 N–H and O–H groups in total. The van der Waals surface area contributed by atoms with Gasteiger partial charge in [0.25, 0.3) is 5.91 Å². The van der Waals surface area contributed by atoms with E-state index < -0.39 is 0 Å². The Morgan fingerprint density at radius 3 is 2.39 bits per heavy atom. The molecule has 94 valence electrons. The summed E-state index contributed by atoms with van der Waals surface area (Å²) in [6.07, 6.45) is 1.64. The monoisotopic (exact) mass is 319 g/mol. The molecule has 0 aromatic heterocycles. The molecule has 1 aliphatic heterocycles. The van der Waals surface area contributed by atoms with E-state index in [1.807, 2.05) is 0 Å². The summed E-state index contributed by atoms with van der Waals surface area (Å²) in [5.41, 5.74) is 0.636. The Balaban J connectivity index is 2.40. The highest BCUT2D eigenvalue weighted by atomic mass is 35.5. The first-order valence-corrected chi connectivity index (χ1v) is 6.78. The van der Waals surface area contributed by atoms with Crippen LogP contribution in [0.15, 0.2) is 17.0 Å². The molecule has 0 atom stereocenters. The van der Waals surface area contributed by atoms with E-state index in [2.05, 4.69) is 0 Å². The molecule has 0 saturated carbocycles. The van der Waals surface area contributed by atoms with Crippen LogP contribution in [0.3, 0.4) is 0 Å². The van der Waals surface area contributed by atoms with Gasteiger partial charge in [-0.15, -0.1) is 0 Å². The van der Waals surface area contributed by atoms with Crippen molar-refractivity contribution in [2.75, 3.05) is 7.05 Å². The number of phenols is 1. The zero-order valence-electron chi connectivity index (χ0n) is 9.11. The van der Waals surface area contributed by atoms with E-state index in [4.69, 9.17) is 35.4 Å². The minimum Gasteiger partial charge on any atom is -0.505 e. The van der Waals surface area contributed by atoms with Gasteiger partial charge in [-0.2, -0.15) is 0 Å². The molecular weight excluding hydrogens is 313 g/mol. The van der Waals surface area contributed by atoms with Gasteiger partial charge in [0.15, 0.2) is 5.75 Å². The first-order valence-electron chi connectivity index (χ1n) is 4.79. The van der Waals surface area contributed by atoms with Gasteiger partial charge in [-0.1, -0.05) is 47.2 Å². The second kappa shape index (κ2) is 5.09. The standard InChI is InChI=1S/C11H7Cl2NO2S2/c1-14-10(16)8(18-11(14)17)4-5-2-6(12)9(15)7(13)3-5/h2-4,15H,1H3. The van der Waals surface area contributed by atoms with Crippen LogP contribution in [0.2, 0.25) is 10.0 Å². The minimum atomic E-state index is -0.168. The van der Waals surface area contributed by atoms with Crippen LogP contribution >= 0.6 is 47.2 Å². The second-order valence-electron chi connectivity index (χ2n) is 3.57. The van der Waals surface area contributed by atoms with Crippen LogP contribution in [-0.2, 0) is 4.79 Å². The lowest BCUT2D eigenvalue weighted by molar-refractivity contribution is -0.121. The number of nitrogens with zero attached hydrogens (tertiary/aromatic N) is 1. The molecule has 0 unspecified atom stereocenters. The molecule has 1 aromatic carbocycles. The molecule has 1 amide bonds. The summed E-state index contributed by atoms with van der Waals surface area (Å²) in [5.74, 6) is -0.330. The molecule has 3 nitrogen and oxygen atoms in total. The van der Waals surface area contributed by atoms with Crippen molar-refractivity contribution < 1.29 is 9.90 Å². The Hall–Kier alpha value is -0.750. The summed E-state index contributed by atoms with van der Waals surface area (Å²) in [4.78, 5) is 13.7. The molecule has 1 fully saturated rings. The maximum atomic E-state index is 11.8. The smallest absolute Gasteiger partial charge is 0.265 e. The Morgan fingerprint density at radius 1 is 1.39 bits per heavy atom. The molecule has 7 heteroatoms. The molecule has 1 aliphatic rings. The number of thioether (sulfide) groups is 1. The predicted octanol–water partition coefficient (Wildman–Crippen LogP) is 3.53. The molecule has 0 bridgehead atoms. The Bertz CT molecular complexity index is 563. The van der Waals surface area contributed by atoms with Crippen molar-refractivity contribution in [2.24, 2.45) is 0 Å². The van der Waals surface area contributed by atoms with Crippen molar-refractivity contribution in [2.45, 2.75) is 0 Å². The highest BCUT2D eigenvalue weighted by Crippen LogP contribution is 2.36. The number of halogens is 2. The number of hydrogen-bond donors (Lipinski definition) is 1. The van der Waals surface area contributed by atoms with Gasteiger partial charge in [-0.3, -0.25) is 9.69 Å². The lowest BCUT2D eigenvalue weighted by atomic mass is 10.2. The molecule has 1 aromatic rings. The quantitative estimate of drug-likeness (QED) is 0.635. The lowest BCUT2D eigenvalue weighted by Gasteiger charge is -2.04. The van der Waals surface area contributed by atoms with E-state index in [0.717, 1.165) is 0 Å². The SMILES string of the molecule is CN1C(=O)C(=Cc2cc(Cl)c(O)c(Cl)c2)SC1=S. The molecule has 1 heterocycles. The molecule has 18 heavy (non-hydrogen) atoms. The van der Waals surface area contributed by atoms with Gasteiger partial charge >= 0.3 is 0 Å². The molecule has 0 radical (unpaired) electrons. The Kier molecular flexibility index (Phi) is 3.87. The lowest BCUT2D eigenvalue weighted by Crippen LogP contribution is -2.22. The van der Waals surface area contributed by atoms with Crippen LogP contribution in [0.5, 0.6) is 5.75 Å². The van der Waals surface area contributed by atoms with Gasteiger partial charge in [-0.25, -0.2) is 0 Å². The van der Waals surface area contributed by atoms with Crippen LogP contribution < -0.4 is 0 Å². The number of hydrogen-bond acceptors (Lipinski definition) is 4.